The summed E-state index contributed by atoms with van der Waals surface area (Å²) in [5, 5.41) is 21.5. The summed E-state index contributed by atoms with van der Waals surface area (Å²) in [4.78, 5) is 29.8. The van der Waals surface area contributed by atoms with Gasteiger partial charge in [0.25, 0.3) is 5.91 Å². The minimum atomic E-state index is -0.551. The molecule has 0 unspecified atom stereocenters. The van der Waals surface area contributed by atoms with Gasteiger partial charge in [0.15, 0.2) is 5.82 Å². The van der Waals surface area contributed by atoms with E-state index in [1.54, 1.807) is 36.2 Å². The van der Waals surface area contributed by atoms with Crippen LogP contribution in [0.4, 0.5) is 16.0 Å². The normalized spacial score (nSPS) is 15.6. The Morgan fingerprint density at radius 3 is 2.63 bits per heavy atom. The Hall–Kier alpha value is -4.85. The summed E-state index contributed by atoms with van der Waals surface area (Å²) in [5.41, 5.74) is 4.10. The average molecular weight is 628 g/mol. The van der Waals surface area contributed by atoms with Gasteiger partial charge >= 0.3 is 0 Å². The van der Waals surface area contributed by atoms with E-state index in [9.17, 15) is 9.90 Å². The van der Waals surface area contributed by atoms with Crippen molar-refractivity contribution in [3.63, 3.8) is 0 Å². The van der Waals surface area contributed by atoms with Gasteiger partial charge < -0.3 is 30.4 Å². The van der Waals surface area contributed by atoms with Crippen LogP contribution in [-0.2, 0) is 11.8 Å². The molecule has 46 heavy (non-hydrogen) atoms. The molecule has 4 heterocycles. The van der Waals surface area contributed by atoms with Crippen molar-refractivity contribution in [1.29, 1.82) is 0 Å². The number of likely N-dealkylation sites (N-methyl/N-ethyl adjacent to an activating group) is 1. The number of para-hydroxylation sites is 2. The van der Waals surface area contributed by atoms with Crippen LogP contribution >= 0.6 is 0 Å². The zero-order chi connectivity index (χ0) is 32.4. The van der Waals surface area contributed by atoms with Crippen LogP contribution in [0.5, 0.6) is 5.75 Å². The van der Waals surface area contributed by atoms with E-state index in [0.717, 1.165) is 60.2 Å². The fraction of sp³-hybridized carbons (Fsp3) is 0.333. The number of aromatic nitrogens is 5. The maximum absolute atomic E-state index is 15.3. The Balaban J connectivity index is 1.33. The van der Waals surface area contributed by atoms with Crippen molar-refractivity contribution in [2.75, 3.05) is 52.2 Å². The van der Waals surface area contributed by atoms with Crippen LogP contribution in [0.3, 0.4) is 0 Å². The van der Waals surface area contributed by atoms with Crippen molar-refractivity contribution in [2.24, 2.45) is 7.05 Å². The molecule has 1 fully saturated rings. The van der Waals surface area contributed by atoms with E-state index in [0.29, 0.717) is 5.56 Å². The summed E-state index contributed by atoms with van der Waals surface area (Å²) < 4.78 is 23.2. The predicted octanol–water partition coefficient (Wildman–Crippen LogP) is 3.99. The Labute approximate surface area is 266 Å². The van der Waals surface area contributed by atoms with Gasteiger partial charge in [0.1, 0.15) is 17.5 Å². The minimum absolute atomic E-state index is 0.0750. The molecule has 12 nitrogen and oxygen atoms in total. The van der Waals surface area contributed by atoms with Gasteiger partial charge in [0.05, 0.1) is 34.7 Å². The minimum Gasteiger partial charge on any atom is -0.507 e. The van der Waals surface area contributed by atoms with E-state index in [-0.39, 0.29) is 41.4 Å². The first kappa shape index (κ1) is 31.1. The topological polar surface area (TPSA) is 136 Å². The molecule has 0 spiro atoms. The zero-order valence-corrected chi connectivity index (χ0v) is 26.3. The van der Waals surface area contributed by atoms with E-state index in [2.05, 4.69) is 47.5 Å². The van der Waals surface area contributed by atoms with Crippen LogP contribution in [0.25, 0.3) is 22.2 Å². The molecule has 0 aliphatic carbocycles. The van der Waals surface area contributed by atoms with Gasteiger partial charge in [-0.2, -0.15) is 5.10 Å². The highest BCUT2D eigenvalue weighted by atomic mass is 19.1. The summed E-state index contributed by atoms with van der Waals surface area (Å²) in [5.74, 6) is -0.736. The Morgan fingerprint density at radius 2 is 1.91 bits per heavy atom. The van der Waals surface area contributed by atoms with Gasteiger partial charge in [-0.25, -0.2) is 14.4 Å². The number of nitrogens with zero attached hydrogens (tertiary/aromatic N) is 6. The molecular weight excluding hydrogens is 589 g/mol. The van der Waals surface area contributed by atoms with Crippen LogP contribution in [0, 0.1) is 12.7 Å². The monoisotopic (exact) mass is 627 g/mol. The first-order valence-corrected chi connectivity index (χ1v) is 15.1. The molecule has 0 bridgehead atoms. The lowest BCUT2D eigenvalue weighted by Gasteiger charge is -2.41. The second-order valence-corrected chi connectivity index (χ2v) is 11.6. The third-order valence-corrected chi connectivity index (χ3v) is 8.54. The van der Waals surface area contributed by atoms with Crippen molar-refractivity contribution in [2.45, 2.75) is 19.1 Å². The molecule has 2 atom stereocenters. The largest absolute Gasteiger partial charge is 0.507 e. The number of benzene rings is 2. The van der Waals surface area contributed by atoms with Gasteiger partial charge in [-0.15, -0.1) is 0 Å². The summed E-state index contributed by atoms with van der Waals surface area (Å²) >= 11 is 0. The number of carbonyl (C=O) groups excluding carboxylic acids is 1. The molecule has 1 aliphatic heterocycles. The van der Waals surface area contributed by atoms with Crippen LogP contribution in [0.1, 0.15) is 27.7 Å². The number of H-pyrrole nitrogens is 1. The van der Waals surface area contributed by atoms with E-state index in [1.165, 1.54) is 6.07 Å². The van der Waals surface area contributed by atoms with Gasteiger partial charge in [0, 0.05) is 75.8 Å². The van der Waals surface area contributed by atoms with Crippen LogP contribution in [0.2, 0.25) is 0 Å². The number of amides is 1. The molecule has 1 aliphatic rings. The molecule has 4 N–H and O–H groups in total. The Kier molecular flexibility index (Phi) is 8.97. The second-order valence-electron chi connectivity index (χ2n) is 11.6. The van der Waals surface area contributed by atoms with Gasteiger partial charge in [-0.05, 0) is 26.1 Å². The third-order valence-electron chi connectivity index (χ3n) is 8.54. The lowest BCUT2D eigenvalue weighted by molar-refractivity contribution is -0.00305. The number of hydrogen-bond acceptors (Lipinski definition) is 9. The summed E-state index contributed by atoms with van der Waals surface area (Å²) in [6.45, 7) is 5.48. The van der Waals surface area contributed by atoms with Crippen molar-refractivity contribution in [3.8, 4) is 17.0 Å². The number of ether oxygens (including phenoxy) is 1. The molecule has 13 heteroatoms. The number of piperazine rings is 1. The summed E-state index contributed by atoms with van der Waals surface area (Å²) in [6, 6.07) is 12.1. The molecule has 1 amide bonds. The van der Waals surface area contributed by atoms with Crippen LogP contribution in [-0.4, -0.2) is 98.5 Å². The molecule has 0 radical (unpaired) electrons. The highest BCUT2D eigenvalue weighted by molar-refractivity contribution is 5.97. The zero-order valence-electron chi connectivity index (χ0n) is 26.3. The fourth-order valence-corrected chi connectivity index (χ4v) is 6.10. The maximum atomic E-state index is 15.3. The van der Waals surface area contributed by atoms with E-state index < -0.39 is 11.9 Å². The highest BCUT2D eigenvalue weighted by Gasteiger charge is 2.33. The average Bonchev–Trinajstić information content (AvgIpc) is 3.62. The standard InChI is InChI=1S/C33H38FN9O3/c1-20-26(19-42(3)40-20)38-33-37-17-25(34)30(39-33)24-16-35-29-21(24)9-7-10-23(29)31(46-4)27(43-14-12-41(2)13-15-43)18-36-32(45)22-8-5-6-11-28(22)44/h5-11,16-17,19,27,31,35,44H,12-15,18H2,1-4H3,(H,36,45)(H,37,38,39)/t27-,31-/m1/s1. The summed E-state index contributed by atoms with van der Waals surface area (Å²) in [6.07, 6.45) is 4.26. The first-order chi connectivity index (χ1) is 22.2. The SMILES string of the molecule is CO[C@H](c1cccc2c(-c3nc(Nc4cn(C)nc4C)ncc3F)c[nH]c12)[C@@H](CNC(=O)c1ccccc1O)N1CCN(C)CC1. The van der Waals surface area contributed by atoms with Gasteiger partial charge in [-0.3, -0.25) is 14.4 Å². The smallest absolute Gasteiger partial charge is 0.255 e. The first-order valence-electron chi connectivity index (χ1n) is 15.1. The van der Waals surface area contributed by atoms with Crippen molar-refractivity contribution < 1.29 is 19.0 Å². The number of methoxy groups -OCH3 is 1. The number of rotatable bonds is 10. The fourth-order valence-electron chi connectivity index (χ4n) is 6.10. The van der Waals surface area contributed by atoms with Crippen LogP contribution in [0.15, 0.2) is 61.1 Å². The predicted molar refractivity (Wildman–Crippen MR) is 174 cm³/mol. The van der Waals surface area contributed by atoms with Crippen LogP contribution < -0.4 is 10.6 Å². The molecule has 3 aromatic heterocycles. The lowest BCUT2D eigenvalue weighted by atomic mass is 9.96. The molecule has 240 valence electrons. The van der Waals surface area contributed by atoms with Gasteiger partial charge in [-0.1, -0.05) is 30.3 Å². The Morgan fingerprint density at radius 1 is 1.13 bits per heavy atom. The van der Waals surface area contributed by atoms with E-state index in [4.69, 9.17) is 4.74 Å². The van der Waals surface area contributed by atoms with Crippen molar-refractivity contribution in [3.05, 3.63) is 83.7 Å². The highest BCUT2D eigenvalue weighted by Crippen LogP contribution is 2.36. The molecule has 1 saturated heterocycles. The van der Waals surface area contributed by atoms with Gasteiger partial charge in [0.2, 0.25) is 5.95 Å². The number of fused-ring (bicyclic) bond motifs is 1. The lowest BCUT2D eigenvalue weighted by Crippen LogP contribution is -2.54. The number of phenolic OH excluding ortho intramolecular Hbond substituents is 1. The number of halogens is 1. The number of carbonyl (C=O) groups is 1. The number of phenols is 1. The number of anilines is 2. The Bertz CT molecular complexity index is 1850. The number of nitrogens with one attached hydrogen (secondary N) is 3. The molecule has 5 aromatic rings. The van der Waals surface area contributed by atoms with E-state index >= 15 is 4.39 Å². The number of aryl methyl sites for hydroxylation is 2. The summed E-state index contributed by atoms with van der Waals surface area (Å²) in [7, 11) is 5.57. The van der Waals surface area contributed by atoms with E-state index in [1.807, 2.05) is 38.4 Å². The number of aromatic hydroxyl groups is 1. The molecular formula is C33H38FN9O3. The molecule has 0 saturated carbocycles. The maximum Gasteiger partial charge on any atom is 0.255 e. The second kappa shape index (κ2) is 13.3. The quantitative estimate of drug-likeness (QED) is 0.181. The molecule has 6 rings (SSSR count). The third kappa shape index (κ3) is 6.29. The van der Waals surface area contributed by atoms with Crippen molar-refractivity contribution >= 4 is 28.4 Å². The number of hydrogen-bond donors (Lipinski definition) is 4. The molecule has 2 aromatic carbocycles. The number of aromatic amines is 1. The van der Waals surface area contributed by atoms with Crippen molar-refractivity contribution in [1.82, 2.24) is 39.8 Å².